The maximum atomic E-state index is 5.73. The molecule has 28 heavy (non-hydrogen) atoms. The molecule has 0 amide bonds. The number of hydrogen-bond acceptors (Lipinski definition) is 6. The number of rotatable bonds is 10. The smallest absolute Gasteiger partial charge is 0.190 e. The van der Waals surface area contributed by atoms with Crippen LogP contribution in [0.2, 0.25) is 0 Å². The maximum absolute atomic E-state index is 5.73. The first-order chi connectivity index (χ1) is 13.7. The molecule has 2 N–H and O–H groups in total. The van der Waals surface area contributed by atoms with Crippen LogP contribution >= 0.6 is 22.7 Å². The third-order valence-corrected chi connectivity index (χ3v) is 6.50. The van der Waals surface area contributed by atoms with Gasteiger partial charge in [0.15, 0.2) is 5.96 Å². The summed E-state index contributed by atoms with van der Waals surface area (Å²) in [4.78, 5) is 11.4. The molecule has 3 heterocycles. The van der Waals surface area contributed by atoms with Gasteiger partial charge in [0.05, 0.1) is 28.8 Å². The molecule has 1 unspecified atom stereocenters. The van der Waals surface area contributed by atoms with Crippen LogP contribution in [0, 0.1) is 12.8 Å². The standard InChI is InChI=1S/C20H30N4O2S2/c1-15-24-18(14-27-15)19-5-4-17(28-19)6-9-23-20(21-2)22-8-3-10-25-12-16-7-11-26-13-16/h4-5,14,16H,3,6-13H2,1-2H3,(H2,21,22,23). The Morgan fingerprint density at radius 3 is 3.00 bits per heavy atom. The largest absolute Gasteiger partial charge is 0.381 e. The molecule has 8 heteroatoms. The number of nitrogens with zero attached hydrogens (tertiary/aromatic N) is 2. The molecular weight excluding hydrogens is 392 g/mol. The van der Waals surface area contributed by atoms with Gasteiger partial charge in [0, 0.05) is 49.5 Å². The van der Waals surface area contributed by atoms with Gasteiger partial charge >= 0.3 is 0 Å². The van der Waals surface area contributed by atoms with E-state index in [-0.39, 0.29) is 0 Å². The number of ether oxygens (including phenoxy) is 2. The number of thiazole rings is 1. The van der Waals surface area contributed by atoms with Crippen molar-refractivity contribution in [2.24, 2.45) is 10.9 Å². The Kier molecular flexibility index (Phi) is 8.72. The minimum Gasteiger partial charge on any atom is -0.381 e. The van der Waals surface area contributed by atoms with Gasteiger partial charge in [0.1, 0.15) is 0 Å². The highest BCUT2D eigenvalue weighted by Gasteiger charge is 2.15. The molecular formula is C20H30N4O2S2. The van der Waals surface area contributed by atoms with Crippen molar-refractivity contribution in [1.82, 2.24) is 15.6 Å². The van der Waals surface area contributed by atoms with Crippen molar-refractivity contribution in [2.45, 2.75) is 26.2 Å². The van der Waals surface area contributed by atoms with Gasteiger partial charge in [0.25, 0.3) is 0 Å². The zero-order chi connectivity index (χ0) is 19.6. The van der Waals surface area contributed by atoms with Gasteiger partial charge in [-0.25, -0.2) is 4.98 Å². The van der Waals surface area contributed by atoms with E-state index < -0.39 is 0 Å². The van der Waals surface area contributed by atoms with Gasteiger partial charge in [-0.1, -0.05) is 0 Å². The highest BCUT2D eigenvalue weighted by atomic mass is 32.1. The minimum absolute atomic E-state index is 0.583. The van der Waals surface area contributed by atoms with Gasteiger partial charge in [-0.3, -0.25) is 4.99 Å². The number of aromatic nitrogens is 1. The van der Waals surface area contributed by atoms with Crippen molar-refractivity contribution in [2.75, 3.05) is 46.6 Å². The van der Waals surface area contributed by atoms with Crippen LogP contribution in [0.1, 0.15) is 22.7 Å². The monoisotopic (exact) mass is 422 g/mol. The summed E-state index contributed by atoms with van der Waals surface area (Å²) in [6, 6.07) is 4.36. The summed E-state index contributed by atoms with van der Waals surface area (Å²) in [5.41, 5.74) is 1.09. The molecule has 0 spiro atoms. The summed E-state index contributed by atoms with van der Waals surface area (Å²) in [6.07, 6.45) is 3.07. The SMILES string of the molecule is CN=C(NCCCOCC1CCOC1)NCCc1ccc(-c2csc(C)n2)s1. The number of guanidine groups is 1. The average molecular weight is 423 g/mol. The molecule has 0 aliphatic carbocycles. The fourth-order valence-electron chi connectivity index (χ4n) is 3.00. The number of aryl methyl sites for hydroxylation is 1. The van der Waals surface area contributed by atoms with Crippen LogP contribution in [0.4, 0.5) is 0 Å². The highest BCUT2D eigenvalue weighted by molar-refractivity contribution is 7.16. The molecule has 0 saturated carbocycles. The lowest BCUT2D eigenvalue weighted by Crippen LogP contribution is -2.39. The van der Waals surface area contributed by atoms with E-state index in [2.05, 4.69) is 38.1 Å². The molecule has 1 saturated heterocycles. The van der Waals surface area contributed by atoms with E-state index in [4.69, 9.17) is 9.47 Å². The first-order valence-corrected chi connectivity index (χ1v) is 11.6. The topological polar surface area (TPSA) is 67.8 Å². The summed E-state index contributed by atoms with van der Waals surface area (Å²) < 4.78 is 11.1. The van der Waals surface area contributed by atoms with Crippen molar-refractivity contribution >= 4 is 28.6 Å². The average Bonchev–Trinajstić information content (AvgIpc) is 3.45. The Bertz CT molecular complexity index is 738. The Balaban J connectivity index is 1.27. The van der Waals surface area contributed by atoms with Crippen LogP contribution < -0.4 is 10.6 Å². The third-order valence-electron chi connectivity index (χ3n) is 4.56. The molecule has 1 aliphatic heterocycles. The van der Waals surface area contributed by atoms with Gasteiger partial charge in [0.2, 0.25) is 0 Å². The predicted molar refractivity (Wildman–Crippen MR) is 118 cm³/mol. The molecule has 0 bridgehead atoms. The molecule has 3 rings (SSSR count). The molecule has 1 fully saturated rings. The number of nitrogens with one attached hydrogen (secondary N) is 2. The van der Waals surface area contributed by atoms with Crippen LogP contribution in [0.15, 0.2) is 22.5 Å². The van der Waals surface area contributed by atoms with Crippen molar-refractivity contribution < 1.29 is 9.47 Å². The Morgan fingerprint density at radius 1 is 1.36 bits per heavy atom. The van der Waals surface area contributed by atoms with Gasteiger partial charge in [-0.2, -0.15) is 0 Å². The van der Waals surface area contributed by atoms with Crippen molar-refractivity contribution in [3.8, 4) is 10.6 Å². The quantitative estimate of drug-likeness (QED) is 0.349. The molecule has 2 aromatic heterocycles. The molecule has 0 radical (unpaired) electrons. The van der Waals surface area contributed by atoms with Crippen LogP contribution in [0.3, 0.4) is 0 Å². The lowest BCUT2D eigenvalue weighted by Gasteiger charge is -2.12. The zero-order valence-corrected chi connectivity index (χ0v) is 18.3. The summed E-state index contributed by atoms with van der Waals surface area (Å²) in [6.45, 7) is 7.08. The fourth-order valence-corrected chi connectivity index (χ4v) is 4.65. The van der Waals surface area contributed by atoms with Crippen LogP contribution in [0.25, 0.3) is 10.6 Å². The highest BCUT2D eigenvalue weighted by Crippen LogP contribution is 2.29. The lowest BCUT2D eigenvalue weighted by atomic mass is 10.1. The van der Waals surface area contributed by atoms with Crippen LogP contribution in [-0.4, -0.2) is 57.5 Å². The van der Waals surface area contributed by atoms with Gasteiger partial charge in [-0.05, 0) is 38.3 Å². The second-order valence-electron chi connectivity index (χ2n) is 6.85. The van der Waals surface area contributed by atoms with E-state index in [1.54, 1.807) is 18.4 Å². The van der Waals surface area contributed by atoms with E-state index in [0.717, 1.165) is 75.4 Å². The molecule has 154 valence electrons. The predicted octanol–water partition coefficient (Wildman–Crippen LogP) is 3.33. The van der Waals surface area contributed by atoms with E-state index in [1.165, 1.54) is 9.75 Å². The van der Waals surface area contributed by atoms with Crippen LogP contribution in [-0.2, 0) is 15.9 Å². The van der Waals surface area contributed by atoms with Crippen molar-refractivity contribution in [3.63, 3.8) is 0 Å². The molecule has 6 nitrogen and oxygen atoms in total. The summed E-state index contributed by atoms with van der Waals surface area (Å²) in [5.74, 6) is 1.43. The zero-order valence-electron chi connectivity index (χ0n) is 16.7. The number of thiophene rings is 1. The van der Waals surface area contributed by atoms with Gasteiger partial charge in [-0.15, -0.1) is 22.7 Å². The number of aliphatic imine (C=N–C) groups is 1. The normalized spacial score (nSPS) is 17.2. The third kappa shape index (κ3) is 6.84. The molecule has 2 aromatic rings. The molecule has 0 aromatic carbocycles. The Hall–Kier alpha value is -1.48. The van der Waals surface area contributed by atoms with E-state index in [0.29, 0.717) is 5.92 Å². The summed E-state index contributed by atoms with van der Waals surface area (Å²) in [7, 11) is 1.81. The molecule has 1 atom stereocenters. The fraction of sp³-hybridized carbons (Fsp3) is 0.600. The van der Waals surface area contributed by atoms with Gasteiger partial charge < -0.3 is 20.1 Å². The summed E-state index contributed by atoms with van der Waals surface area (Å²) in [5, 5.41) is 9.96. The first kappa shape index (κ1) is 21.2. The summed E-state index contributed by atoms with van der Waals surface area (Å²) >= 11 is 3.51. The Labute approximate surface area is 175 Å². The minimum atomic E-state index is 0.583. The first-order valence-electron chi connectivity index (χ1n) is 9.86. The van der Waals surface area contributed by atoms with Crippen LogP contribution in [0.5, 0.6) is 0 Å². The van der Waals surface area contributed by atoms with Crippen molar-refractivity contribution in [3.05, 3.63) is 27.4 Å². The maximum Gasteiger partial charge on any atom is 0.190 e. The van der Waals surface area contributed by atoms with Crippen molar-refractivity contribution in [1.29, 1.82) is 0 Å². The van der Waals surface area contributed by atoms with E-state index in [1.807, 2.05) is 18.3 Å². The van der Waals surface area contributed by atoms with E-state index >= 15 is 0 Å². The Morgan fingerprint density at radius 2 is 2.25 bits per heavy atom. The lowest BCUT2D eigenvalue weighted by molar-refractivity contribution is 0.0888. The second-order valence-corrected chi connectivity index (χ2v) is 9.08. The second kappa shape index (κ2) is 11.5. The number of hydrogen-bond donors (Lipinski definition) is 2. The van der Waals surface area contributed by atoms with E-state index in [9.17, 15) is 0 Å². The molecule has 1 aliphatic rings.